The van der Waals surface area contributed by atoms with Crippen molar-refractivity contribution in [3.63, 3.8) is 0 Å². The Morgan fingerprint density at radius 1 is 1.31 bits per heavy atom. The van der Waals surface area contributed by atoms with Gasteiger partial charge in [-0.15, -0.1) is 0 Å². The molecule has 1 aliphatic rings. The van der Waals surface area contributed by atoms with E-state index in [0.717, 1.165) is 5.56 Å². The molecule has 1 unspecified atom stereocenters. The largest absolute Gasteiger partial charge is 0.495 e. The fourth-order valence-electron chi connectivity index (χ4n) is 2.80. The van der Waals surface area contributed by atoms with E-state index in [1.165, 1.54) is 19.2 Å². The third-order valence-corrected chi connectivity index (χ3v) is 4.15. The Morgan fingerprint density at radius 2 is 2.15 bits per heavy atom. The van der Waals surface area contributed by atoms with E-state index in [-0.39, 0.29) is 17.6 Å². The van der Waals surface area contributed by atoms with Gasteiger partial charge in [-0.3, -0.25) is 9.59 Å². The Hall–Kier alpha value is -3.09. The van der Waals surface area contributed by atoms with Gasteiger partial charge in [-0.1, -0.05) is 12.1 Å². The van der Waals surface area contributed by atoms with Crippen molar-refractivity contribution in [2.45, 2.75) is 25.4 Å². The maximum Gasteiger partial charge on any atom is 0.247 e. The quantitative estimate of drug-likeness (QED) is 0.743. The van der Waals surface area contributed by atoms with E-state index >= 15 is 0 Å². The second-order valence-electron chi connectivity index (χ2n) is 6.05. The number of amides is 2. The number of halogens is 1. The molecule has 1 atom stereocenters. The smallest absolute Gasteiger partial charge is 0.247 e. The van der Waals surface area contributed by atoms with Gasteiger partial charge in [0.2, 0.25) is 11.8 Å². The van der Waals surface area contributed by atoms with Gasteiger partial charge >= 0.3 is 0 Å². The highest BCUT2D eigenvalue weighted by molar-refractivity contribution is 5.99. The highest BCUT2D eigenvalue weighted by Crippen LogP contribution is 2.26. The van der Waals surface area contributed by atoms with E-state index < -0.39 is 6.04 Å². The number of ether oxygens (including phenoxy) is 1. The molecule has 2 aromatic carbocycles. The van der Waals surface area contributed by atoms with Crippen LogP contribution in [0.1, 0.15) is 18.4 Å². The third-order valence-electron chi connectivity index (χ3n) is 4.15. The molecular weight excluding hydrogens is 337 g/mol. The van der Waals surface area contributed by atoms with Crippen LogP contribution in [0.15, 0.2) is 42.5 Å². The number of rotatable bonds is 6. The maximum absolute atomic E-state index is 13.2. The molecule has 0 bridgehead atoms. The average molecular weight is 357 g/mol. The summed E-state index contributed by atoms with van der Waals surface area (Å²) in [6.07, 6.45) is 0.834. The number of methoxy groups -OCH3 is 1. The summed E-state index contributed by atoms with van der Waals surface area (Å²) in [5.74, 6) is -0.178. The fourth-order valence-corrected chi connectivity index (χ4v) is 2.80. The first-order valence-electron chi connectivity index (χ1n) is 8.32. The summed E-state index contributed by atoms with van der Waals surface area (Å²) in [6, 6.07) is 11.1. The minimum absolute atomic E-state index is 0.120. The van der Waals surface area contributed by atoms with Crippen LogP contribution in [-0.4, -0.2) is 25.0 Å². The zero-order chi connectivity index (χ0) is 18.5. The molecule has 0 aliphatic carbocycles. The third kappa shape index (κ3) is 4.30. The van der Waals surface area contributed by atoms with Gasteiger partial charge in [0, 0.05) is 18.7 Å². The first-order chi connectivity index (χ1) is 12.5. The Labute approximate surface area is 150 Å². The van der Waals surface area contributed by atoms with Gasteiger partial charge in [0.1, 0.15) is 17.6 Å². The normalized spacial score (nSPS) is 16.1. The lowest BCUT2D eigenvalue weighted by molar-refractivity contribution is -0.122. The van der Waals surface area contributed by atoms with Crippen LogP contribution < -0.4 is 20.7 Å². The zero-order valence-electron chi connectivity index (χ0n) is 14.3. The van der Waals surface area contributed by atoms with Crippen molar-refractivity contribution in [3.8, 4) is 5.75 Å². The molecular formula is C19H20FN3O3. The van der Waals surface area contributed by atoms with Gasteiger partial charge in [0.05, 0.1) is 12.8 Å². The predicted octanol–water partition coefficient (Wildman–Crippen LogP) is 2.66. The van der Waals surface area contributed by atoms with E-state index in [9.17, 15) is 14.0 Å². The first-order valence-corrected chi connectivity index (χ1v) is 8.32. The van der Waals surface area contributed by atoms with Crippen LogP contribution >= 0.6 is 0 Å². The summed E-state index contributed by atoms with van der Waals surface area (Å²) in [4.78, 5) is 23.6. The molecule has 1 heterocycles. The molecule has 1 aliphatic heterocycles. The average Bonchev–Trinajstić information content (AvgIpc) is 3.07. The van der Waals surface area contributed by atoms with Gasteiger partial charge < -0.3 is 20.7 Å². The van der Waals surface area contributed by atoms with Gasteiger partial charge in [0.25, 0.3) is 0 Å². The minimum atomic E-state index is -0.527. The Balaban J connectivity index is 1.69. The molecule has 0 radical (unpaired) electrons. The molecule has 1 fully saturated rings. The first kappa shape index (κ1) is 17.7. The Bertz CT molecular complexity index is 825. The van der Waals surface area contributed by atoms with Crippen LogP contribution in [-0.2, 0) is 16.1 Å². The Kier molecular flexibility index (Phi) is 5.36. The number of hydrogen-bond acceptors (Lipinski definition) is 4. The van der Waals surface area contributed by atoms with Crippen molar-refractivity contribution in [2.75, 3.05) is 17.7 Å². The highest BCUT2D eigenvalue weighted by Gasteiger charge is 2.27. The van der Waals surface area contributed by atoms with Crippen molar-refractivity contribution in [2.24, 2.45) is 0 Å². The summed E-state index contributed by atoms with van der Waals surface area (Å²) >= 11 is 0. The van der Waals surface area contributed by atoms with Crippen molar-refractivity contribution in [1.82, 2.24) is 5.32 Å². The molecule has 3 N–H and O–H groups in total. The van der Waals surface area contributed by atoms with Crippen molar-refractivity contribution >= 4 is 23.2 Å². The van der Waals surface area contributed by atoms with Crippen LogP contribution in [0.25, 0.3) is 0 Å². The lowest BCUT2D eigenvalue weighted by Gasteiger charge is -2.15. The topological polar surface area (TPSA) is 79.5 Å². The number of anilines is 2. The summed E-state index contributed by atoms with van der Waals surface area (Å²) in [5, 5.41) is 8.57. The summed E-state index contributed by atoms with van der Waals surface area (Å²) in [7, 11) is 1.52. The fraction of sp³-hybridized carbons (Fsp3) is 0.263. The van der Waals surface area contributed by atoms with Crippen molar-refractivity contribution in [1.29, 1.82) is 0 Å². The number of carbonyl (C=O) groups excluding carboxylic acids is 2. The molecule has 3 rings (SSSR count). The molecule has 1 saturated heterocycles. The summed E-state index contributed by atoms with van der Waals surface area (Å²) < 4.78 is 18.5. The van der Waals surface area contributed by atoms with Gasteiger partial charge in [-0.2, -0.15) is 0 Å². The van der Waals surface area contributed by atoms with Crippen molar-refractivity contribution in [3.05, 3.63) is 53.8 Å². The molecule has 26 heavy (non-hydrogen) atoms. The van der Waals surface area contributed by atoms with Gasteiger partial charge in [0.15, 0.2) is 0 Å². The molecule has 0 spiro atoms. The monoisotopic (exact) mass is 357 g/mol. The maximum atomic E-state index is 13.2. The predicted molar refractivity (Wildman–Crippen MR) is 96.5 cm³/mol. The standard InChI is InChI=1S/C19H20FN3O3/c1-26-17-7-5-12(11-21-14-4-2-3-13(20)10-14)9-16(17)23-19(25)15-6-8-18(24)22-15/h2-5,7,9-10,15,21H,6,8,11H2,1H3,(H,22,24)(H,23,25). The molecule has 6 nitrogen and oxygen atoms in total. The zero-order valence-corrected chi connectivity index (χ0v) is 14.3. The number of hydrogen-bond donors (Lipinski definition) is 3. The van der Waals surface area contributed by atoms with E-state index in [1.54, 1.807) is 24.3 Å². The lowest BCUT2D eigenvalue weighted by atomic mass is 10.1. The van der Waals surface area contributed by atoms with Crippen LogP contribution in [0.4, 0.5) is 15.8 Å². The van der Waals surface area contributed by atoms with Gasteiger partial charge in [-0.25, -0.2) is 4.39 Å². The number of nitrogens with one attached hydrogen (secondary N) is 3. The van der Waals surface area contributed by atoms with Gasteiger partial charge in [-0.05, 0) is 42.3 Å². The molecule has 0 aromatic heterocycles. The number of benzene rings is 2. The lowest BCUT2D eigenvalue weighted by Crippen LogP contribution is -2.37. The van der Waals surface area contributed by atoms with Crippen LogP contribution in [0.5, 0.6) is 5.75 Å². The van der Waals surface area contributed by atoms with E-state index in [1.807, 2.05) is 6.07 Å². The second-order valence-corrected chi connectivity index (χ2v) is 6.05. The molecule has 0 saturated carbocycles. The molecule has 136 valence electrons. The summed E-state index contributed by atoms with van der Waals surface area (Å²) in [6.45, 7) is 0.455. The second kappa shape index (κ2) is 7.86. The van der Waals surface area contributed by atoms with E-state index in [2.05, 4.69) is 16.0 Å². The van der Waals surface area contributed by atoms with Crippen molar-refractivity contribution < 1.29 is 18.7 Å². The minimum Gasteiger partial charge on any atom is -0.495 e. The van der Waals surface area contributed by atoms with E-state index in [4.69, 9.17) is 4.74 Å². The molecule has 2 aromatic rings. The highest BCUT2D eigenvalue weighted by atomic mass is 19.1. The molecule has 2 amide bonds. The van der Waals surface area contributed by atoms with Crippen LogP contribution in [0, 0.1) is 5.82 Å². The Morgan fingerprint density at radius 3 is 2.85 bits per heavy atom. The van der Waals surface area contributed by atoms with E-state index in [0.29, 0.717) is 36.5 Å². The SMILES string of the molecule is COc1ccc(CNc2cccc(F)c2)cc1NC(=O)C1CCC(=O)N1. The molecule has 7 heteroatoms. The van der Waals surface area contributed by atoms with Crippen LogP contribution in [0.3, 0.4) is 0 Å². The number of carbonyl (C=O) groups is 2. The van der Waals surface area contributed by atoms with Crippen LogP contribution in [0.2, 0.25) is 0 Å². The summed E-state index contributed by atoms with van der Waals surface area (Å²) in [5.41, 5.74) is 2.08.